The smallest absolute Gasteiger partial charge is 0.221 e. The van der Waals surface area contributed by atoms with Crippen LogP contribution < -0.4 is 5.32 Å². The number of nitrogens with one attached hydrogen (secondary N) is 1. The predicted octanol–water partition coefficient (Wildman–Crippen LogP) is 2.34. The number of rotatable bonds is 9. The largest absolute Gasteiger partial charge is 0.388 e. The quantitative estimate of drug-likeness (QED) is 0.673. The molecule has 2 rings (SSSR count). The Morgan fingerprint density at radius 1 is 1.48 bits per heavy atom. The fourth-order valence-electron chi connectivity index (χ4n) is 2.03. The molecule has 0 aromatic carbocycles. The van der Waals surface area contributed by atoms with Gasteiger partial charge in [-0.05, 0) is 38.0 Å². The van der Waals surface area contributed by atoms with Crippen LogP contribution in [0.3, 0.4) is 0 Å². The van der Waals surface area contributed by atoms with Gasteiger partial charge in [0.1, 0.15) is 6.61 Å². The highest BCUT2D eigenvalue weighted by molar-refractivity contribution is 7.98. The van der Waals surface area contributed by atoms with Gasteiger partial charge in [-0.3, -0.25) is 0 Å². The number of aliphatic hydroxyl groups is 1. The standard InChI is InChI=1S/C15H25N5OS2/c1-11(19(2)3)13-7-12(10-23-13)9-22-6-5-16-15-17-14(8-21)18-20(15)4/h7,10-11,21H,5-6,8-9H2,1-4H3,(H,16,17,18). The van der Waals surface area contributed by atoms with Gasteiger partial charge in [-0.25, -0.2) is 4.68 Å². The summed E-state index contributed by atoms with van der Waals surface area (Å²) in [6, 6.07) is 2.78. The average molecular weight is 356 g/mol. The van der Waals surface area contributed by atoms with Crippen molar-refractivity contribution in [1.82, 2.24) is 19.7 Å². The zero-order valence-electron chi connectivity index (χ0n) is 14.1. The third kappa shape index (κ3) is 5.20. The molecule has 2 aromatic heterocycles. The minimum atomic E-state index is -0.129. The van der Waals surface area contributed by atoms with Gasteiger partial charge in [-0.2, -0.15) is 21.8 Å². The molecule has 0 saturated heterocycles. The van der Waals surface area contributed by atoms with Gasteiger partial charge in [0.2, 0.25) is 5.95 Å². The van der Waals surface area contributed by atoms with Crippen LogP contribution in [-0.4, -0.2) is 51.2 Å². The highest BCUT2D eigenvalue weighted by Crippen LogP contribution is 2.27. The summed E-state index contributed by atoms with van der Waals surface area (Å²) in [5.74, 6) is 3.17. The van der Waals surface area contributed by atoms with E-state index in [2.05, 4.69) is 52.8 Å². The Bertz CT molecular complexity index is 611. The highest BCUT2D eigenvalue weighted by atomic mass is 32.2. The maximum absolute atomic E-state index is 9.01. The topological polar surface area (TPSA) is 66.2 Å². The first-order valence-corrected chi connectivity index (χ1v) is 9.60. The summed E-state index contributed by atoms with van der Waals surface area (Å²) < 4.78 is 1.66. The molecule has 0 bridgehead atoms. The number of hydrogen-bond donors (Lipinski definition) is 2. The van der Waals surface area contributed by atoms with Crippen molar-refractivity contribution in [2.75, 3.05) is 31.7 Å². The lowest BCUT2D eigenvalue weighted by atomic mass is 10.2. The Hall–Kier alpha value is -1.09. The first-order chi connectivity index (χ1) is 11.0. The number of anilines is 1. The van der Waals surface area contributed by atoms with E-state index >= 15 is 0 Å². The van der Waals surface area contributed by atoms with E-state index in [1.165, 1.54) is 10.4 Å². The number of hydrogen-bond acceptors (Lipinski definition) is 7. The van der Waals surface area contributed by atoms with Crippen LogP contribution >= 0.6 is 23.1 Å². The van der Waals surface area contributed by atoms with E-state index in [0.717, 1.165) is 18.1 Å². The van der Waals surface area contributed by atoms with Gasteiger partial charge in [-0.15, -0.1) is 11.3 Å². The van der Waals surface area contributed by atoms with Gasteiger partial charge in [0.05, 0.1) is 0 Å². The second-order valence-electron chi connectivity index (χ2n) is 5.61. The molecule has 6 nitrogen and oxygen atoms in total. The molecule has 23 heavy (non-hydrogen) atoms. The van der Waals surface area contributed by atoms with Crippen molar-refractivity contribution in [2.45, 2.75) is 25.3 Å². The minimum Gasteiger partial charge on any atom is -0.388 e. The number of aromatic nitrogens is 3. The van der Waals surface area contributed by atoms with Crippen molar-refractivity contribution in [2.24, 2.45) is 7.05 Å². The second kappa shape index (κ2) is 8.68. The molecule has 0 saturated carbocycles. The lowest BCUT2D eigenvalue weighted by molar-refractivity contribution is 0.271. The van der Waals surface area contributed by atoms with Crippen molar-refractivity contribution < 1.29 is 5.11 Å². The van der Waals surface area contributed by atoms with Crippen LogP contribution in [0.5, 0.6) is 0 Å². The molecular weight excluding hydrogens is 330 g/mol. The molecular formula is C15H25N5OS2. The maximum atomic E-state index is 9.01. The lowest BCUT2D eigenvalue weighted by Gasteiger charge is -2.17. The summed E-state index contributed by atoms with van der Waals surface area (Å²) in [6.07, 6.45) is 0. The van der Waals surface area contributed by atoms with Crippen LogP contribution in [-0.2, 0) is 19.4 Å². The molecule has 8 heteroatoms. The Morgan fingerprint density at radius 3 is 2.91 bits per heavy atom. The number of aliphatic hydroxyl groups excluding tert-OH is 1. The van der Waals surface area contributed by atoms with Crippen molar-refractivity contribution in [1.29, 1.82) is 0 Å². The Morgan fingerprint density at radius 2 is 2.26 bits per heavy atom. The van der Waals surface area contributed by atoms with E-state index in [1.54, 1.807) is 4.68 Å². The molecule has 2 heterocycles. The number of aryl methyl sites for hydroxylation is 1. The summed E-state index contributed by atoms with van der Waals surface area (Å²) in [4.78, 5) is 7.85. The fraction of sp³-hybridized carbons (Fsp3) is 0.600. The van der Waals surface area contributed by atoms with E-state index < -0.39 is 0 Å². The molecule has 0 aliphatic carbocycles. The van der Waals surface area contributed by atoms with Gasteiger partial charge >= 0.3 is 0 Å². The Balaban J connectivity index is 1.70. The molecule has 2 aromatic rings. The summed E-state index contributed by atoms with van der Waals surface area (Å²) in [6.45, 7) is 2.93. The van der Waals surface area contributed by atoms with Crippen LogP contribution in [0.4, 0.5) is 5.95 Å². The molecule has 1 unspecified atom stereocenters. The molecule has 2 N–H and O–H groups in total. The maximum Gasteiger partial charge on any atom is 0.221 e. The van der Waals surface area contributed by atoms with Gasteiger partial charge in [0.25, 0.3) is 0 Å². The normalized spacial score (nSPS) is 12.8. The molecule has 0 aliphatic rings. The molecule has 0 spiro atoms. The highest BCUT2D eigenvalue weighted by Gasteiger charge is 2.10. The van der Waals surface area contributed by atoms with Gasteiger partial charge in [-0.1, -0.05) is 0 Å². The predicted molar refractivity (Wildman–Crippen MR) is 98.0 cm³/mol. The van der Waals surface area contributed by atoms with Gasteiger partial charge in [0.15, 0.2) is 5.82 Å². The molecule has 0 fully saturated rings. The van der Waals surface area contributed by atoms with Crippen LogP contribution in [0.1, 0.15) is 29.2 Å². The monoisotopic (exact) mass is 355 g/mol. The molecule has 0 radical (unpaired) electrons. The van der Waals surface area contributed by atoms with E-state index in [0.29, 0.717) is 17.8 Å². The number of thioether (sulfide) groups is 1. The molecule has 1 atom stereocenters. The lowest BCUT2D eigenvalue weighted by Crippen LogP contribution is -2.15. The first kappa shape index (κ1) is 18.3. The third-order valence-electron chi connectivity index (χ3n) is 3.61. The summed E-state index contributed by atoms with van der Waals surface area (Å²) >= 11 is 3.74. The van der Waals surface area contributed by atoms with Crippen LogP contribution in [0.2, 0.25) is 0 Å². The minimum absolute atomic E-state index is 0.129. The van der Waals surface area contributed by atoms with E-state index in [1.807, 2.05) is 30.1 Å². The molecule has 128 valence electrons. The average Bonchev–Trinajstić information content (AvgIpc) is 3.13. The van der Waals surface area contributed by atoms with Crippen molar-refractivity contribution in [3.8, 4) is 0 Å². The Labute approximate surface area is 145 Å². The molecule has 0 amide bonds. The van der Waals surface area contributed by atoms with Gasteiger partial charge in [0, 0.05) is 36.0 Å². The number of thiophene rings is 1. The number of nitrogens with zero attached hydrogens (tertiary/aromatic N) is 4. The summed E-state index contributed by atoms with van der Waals surface area (Å²) in [7, 11) is 6.04. The van der Waals surface area contributed by atoms with Crippen molar-refractivity contribution >= 4 is 29.0 Å². The molecule has 0 aliphatic heterocycles. The zero-order valence-corrected chi connectivity index (χ0v) is 15.7. The van der Waals surface area contributed by atoms with E-state index in [9.17, 15) is 0 Å². The fourth-order valence-corrected chi connectivity index (χ4v) is 3.99. The SMILES string of the molecule is CC(c1cc(CSCCNc2nc(CO)nn2C)cs1)N(C)C. The Kier molecular flexibility index (Phi) is 6.88. The second-order valence-corrected chi connectivity index (χ2v) is 7.66. The summed E-state index contributed by atoms with van der Waals surface area (Å²) in [5.41, 5.74) is 1.39. The van der Waals surface area contributed by atoms with Crippen molar-refractivity contribution in [3.05, 3.63) is 27.7 Å². The third-order valence-corrected chi connectivity index (χ3v) is 5.79. The van der Waals surface area contributed by atoms with Gasteiger partial charge < -0.3 is 15.3 Å². The van der Waals surface area contributed by atoms with Crippen LogP contribution in [0.25, 0.3) is 0 Å². The van der Waals surface area contributed by atoms with Crippen LogP contribution in [0, 0.1) is 0 Å². The van der Waals surface area contributed by atoms with E-state index in [4.69, 9.17) is 5.11 Å². The summed E-state index contributed by atoms with van der Waals surface area (Å²) in [5, 5.41) is 18.6. The van der Waals surface area contributed by atoms with E-state index in [-0.39, 0.29) is 6.61 Å². The zero-order chi connectivity index (χ0) is 16.8. The van der Waals surface area contributed by atoms with Crippen LogP contribution in [0.15, 0.2) is 11.4 Å². The van der Waals surface area contributed by atoms with Crippen molar-refractivity contribution in [3.63, 3.8) is 0 Å². The first-order valence-electron chi connectivity index (χ1n) is 7.57.